The standard InChI is InChI=1S/C18H19N3OS/c1-2-22-14-9-5-4-8-13(14)21-17-16-12-7-3-6-10-15(12)23-18(16)20-11-19-17/h4-5,8-9,11H,2-3,6-7,10H2,1H3,(H,19,20,21). The van der Waals surface area contributed by atoms with Crippen LogP contribution in [-0.4, -0.2) is 16.6 Å². The average molecular weight is 325 g/mol. The van der Waals surface area contributed by atoms with Crippen molar-refractivity contribution in [2.24, 2.45) is 0 Å². The number of hydrogen-bond acceptors (Lipinski definition) is 5. The second kappa shape index (κ2) is 6.16. The van der Waals surface area contributed by atoms with Crippen LogP contribution in [0.2, 0.25) is 0 Å². The normalized spacial score (nSPS) is 13.8. The maximum Gasteiger partial charge on any atom is 0.142 e. The van der Waals surface area contributed by atoms with Crippen LogP contribution in [0, 0.1) is 0 Å². The molecular formula is C18H19N3OS. The van der Waals surface area contributed by atoms with Crippen LogP contribution in [0.25, 0.3) is 10.2 Å². The summed E-state index contributed by atoms with van der Waals surface area (Å²) in [7, 11) is 0. The highest BCUT2D eigenvalue weighted by atomic mass is 32.1. The summed E-state index contributed by atoms with van der Waals surface area (Å²) in [6.45, 7) is 2.64. The van der Waals surface area contributed by atoms with Gasteiger partial charge in [0.2, 0.25) is 0 Å². The fraction of sp³-hybridized carbons (Fsp3) is 0.333. The van der Waals surface area contributed by atoms with Gasteiger partial charge in [0.05, 0.1) is 17.7 Å². The van der Waals surface area contributed by atoms with Crippen molar-refractivity contribution in [3.63, 3.8) is 0 Å². The number of hydrogen-bond donors (Lipinski definition) is 1. The zero-order valence-electron chi connectivity index (χ0n) is 13.1. The van der Waals surface area contributed by atoms with Gasteiger partial charge >= 0.3 is 0 Å². The lowest BCUT2D eigenvalue weighted by atomic mass is 9.97. The number of thiophene rings is 1. The molecule has 0 bridgehead atoms. The summed E-state index contributed by atoms with van der Waals surface area (Å²) >= 11 is 1.82. The van der Waals surface area contributed by atoms with Gasteiger partial charge in [0.1, 0.15) is 22.7 Å². The van der Waals surface area contributed by atoms with E-state index >= 15 is 0 Å². The Morgan fingerprint density at radius 1 is 1.17 bits per heavy atom. The summed E-state index contributed by atoms with van der Waals surface area (Å²) in [5.74, 6) is 1.74. The molecule has 0 saturated heterocycles. The average Bonchev–Trinajstić information content (AvgIpc) is 2.96. The van der Waals surface area contributed by atoms with Gasteiger partial charge in [0.15, 0.2) is 0 Å². The molecule has 23 heavy (non-hydrogen) atoms. The highest BCUT2D eigenvalue weighted by molar-refractivity contribution is 7.19. The number of nitrogens with zero attached hydrogens (tertiary/aromatic N) is 2. The molecule has 0 unspecified atom stereocenters. The summed E-state index contributed by atoms with van der Waals surface area (Å²) in [6.07, 6.45) is 6.48. The molecule has 0 radical (unpaired) electrons. The summed E-state index contributed by atoms with van der Waals surface area (Å²) in [4.78, 5) is 11.6. The van der Waals surface area contributed by atoms with Crippen LogP contribution in [0.15, 0.2) is 30.6 Å². The van der Waals surface area contributed by atoms with Gasteiger partial charge in [0.25, 0.3) is 0 Å². The Kier molecular flexibility index (Phi) is 3.87. The van der Waals surface area contributed by atoms with E-state index in [1.54, 1.807) is 6.33 Å². The van der Waals surface area contributed by atoms with E-state index in [1.807, 2.05) is 42.5 Å². The second-order valence-corrected chi connectivity index (χ2v) is 6.75. The zero-order valence-corrected chi connectivity index (χ0v) is 13.9. The zero-order chi connectivity index (χ0) is 15.6. The SMILES string of the molecule is CCOc1ccccc1Nc1ncnc2sc3c(c12)CCCC3. The minimum absolute atomic E-state index is 0.645. The van der Waals surface area contributed by atoms with Crippen molar-refractivity contribution in [2.75, 3.05) is 11.9 Å². The molecule has 1 aromatic carbocycles. The molecule has 0 aliphatic heterocycles. The van der Waals surface area contributed by atoms with Gasteiger partial charge in [-0.1, -0.05) is 12.1 Å². The molecule has 4 nitrogen and oxygen atoms in total. The Hall–Kier alpha value is -2.14. The first-order chi connectivity index (χ1) is 11.4. The Bertz CT molecular complexity index is 843. The lowest BCUT2D eigenvalue weighted by Gasteiger charge is -2.14. The fourth-order valence-corrected chi connectivity index (χ4v) is 4.39. The van der Waals surface area contributed by atoms with E-state index in [0.717, 1.165) is 28.5 Å². The molecule has 0 amide bonds. The van der Waals surface area contributed by atoms with Crippen molar-refractivity contribution in [3.05, 3.63) is 41.0 Å². The lowest BCUT2D eigenvalue weighted by molar-refractivity contribution is 0.342. The number of rotatable bonds is 4. The number of ether oxygens (including phenoxy) is 1. The molecule has 2 aromatic heterocycles. The van der Waals surface area contributed by atoms with Crippen molar-refractivity contribution in [3.8, 4) is 5.75 Å². The van der Waals surface area contributed by atoms with E-state index in [9.17, 15) is 0 Å². The molecule has 0 saturated carbocycles. The summed E-state index contributed by atoms with van der Waals surface area (Å²) in [5.41, 5.74) is 2.39. The lowest BCUT2D eigenvalue weighted by Crippen LogP contribution is -2.02. The first kappa shape index (κ1) is 14.5. The molecule has 118 valence electrons. The topological polar surface area (TPSA) is 47.0 Å². The third kappa shape index (κ3) is 2.65. The minimum atomic E-state index is 0.645. The maximum atomic E-state index is 5.71. The fourth-order valence-electron chi connectivity index (χ4n) is 3.16. The van der Waals surface area contributed by atoms with Gasteiger partial charge in [-0.15, -0.1) is 11.3 Å². The van der Waals surface area contributed by atoms with Crippen molar-refractivity contribution < 1.29 is 4.74 Å². The number of aryl methyl sites for hydroxylation is 2. The van der Waals surface area contributed by atoms with E-state index in [4.69, 9.17) is 4.74 Å². The highest BCUT2D eigenvalue weighted by Crippen LogP contribution is 2.39. The van der Waals surface area contributed by atoms with Crippen LogP contribution in [0.5, 0.6) is 5.75 Å². The highest BCUT2D eigenvalue weighted by Gasteiger charge is 2.20. The number of fused-ring (bicyclic) bond motifs is 3. The van der Waals surface area contributed by atoms with Gasteiger partial charge in [-0.25, -0.2) is 9.97 Å². The van der Waals surface area contributed by atoms with Crippen LogP contribution < -0.4 is 10.1 Å². The molecule has 3 aromatic rings. The number of benzene rings is 1. The molecular weight excluding hydrogens is 306 g/mol. The quantitative estimate of drug-likeness (QED) is 0.754. The van der Waals surface area contributed by atoms with Crippen molar-refractivity contribution >= 4 is 33.1 Å². The van der Waals surface area contributed by atoms with Crippen LogP contribution in [0.3, 0.4) is 0 Å². The van der Waals surface area contributed by atoms with Crippen molar-refractivity contribution in [1.29, 1.82) is 0 Å². The van der Waals surface area contributed by atoms with E-state index in [0.29, 0.717) is 6.61 Å². The van der Waals surface area contributed by atoms with Gasteiger partial charge in [-0.2, -0.15) is 0 Å². The summed E-state index contributed by atoms with van der Waals surface area (Å²) < 4.78 is 5.71. The van der Waals surface area contributed by atoms with Gasteiger partial charge in [0, 0.05) is 4.88 Å². The van der Waals surface area contributed by atoms with E-state index in [1.165, 1.54) is 35.1 Å². The van der Waals surface area contributed by atoms with Crippen LogP contribution in [0.1, 0.15) is 30.2 Å². The van der Waals surface area contributed by atoms with E-state index < -0.39 is 0 Å². The second-order valence-electron chi connectivity index (χ2n) is 5.67. The Morgan fingerprint density at radius 2 is 2.04 bits per heavy atom. The number of nitrogens with one attached hydrogen (secondary N) is 1. The molecule has 5 heteroatoms. The molecule has 0 spiro atoms. The van der Waals surface area contributed by atoms with Gasteiger partial charge < -0.3 is 10.1 Å². The summed E-state index contributed by atoms with van der Waals surface area (Å²) in [6, 6.07) is 8.00. The first-order valence-corrected chi connectivity index (χ1v) is 8.92. The Balaban J connectivity index is 1.79. The molecule has 4 rings (SSSR count). The molecule has 1 aliphatic carbocycles. The molecule has 0 fully saturated rings. The van der Waals surface area contributed by atoms with E-state index in [-0.39, 0.29) is 0 Å². The number of para-hydroxylation sites is 2. The maximum absolute atomic E-state index is 5.71. The minimum Gasteiger partial charge on any atom is -0.492 e. The first-order valence-electron chi connectivity index (χ1n) is 8.11. The summed E-state index contributed by atoms with van der Waals surface area (Å²) in [5, 5.41) is 4.66. The van der Waals surface area contributed by atoms with Crippen LogP contribution >= 0.6 is 11.3 Å². The predicted molar refractivity (Wildman–Crippen MR) is 95.0 cm³/mol. The third-order valence-electron chi connectivity index (χ3n) is 4.19. The Labute approximate surface area is 139 Å². The van der Waals surface area contributed by atoms with E-state index in [2.05, 4.69) is 15.3 Å². The molecule has 2 heterocycles. The molecule has 1 aliphatic rings. The molecule has 1 N–H and O–H groups in total. The van der Waals surface area contributed by atoms with Crippen LogP contribution in [0.4, 0.5) is 11.5 Å². The smallest absolute Gasteiger partial charge is 0.142 e. The predicted octanol–water partition coefficient (Wildman–Crippen LogP) is 4.71. The number of aromatic nitrogens is 2. The molecule has 0 atom stereocenters. The number of anilines is 2. The van der Waals surface area contributed by atoms with Crippen molar-refractivity contribution in [1.82, 2.24) is 9.97 Å². The van der Waals surface area contributed by atoms with Crippen LogP contribution in [-0.2, 0) is 12.8 Å². The van der Waals surface area contributed by atoms with Gasteiger partial charge in [-0.05, 0) is 50.3 Å². The largest absolute Gasteiger partial charge is 0.492 e. The van der Waals surface area contributed by atoms with Gasteiger partial charge in [-0.3, -0.25) is 0 Å². The Morgan fingerprint density at radius 3 is 2.96 bits per heavy atom. The third-order valence-corrected chi connectivity index (χ3v) is 5.39. The monoisotopic (exact) mass is 325 g/mol. The van der Waals surface area contributed by atoms with Crippen molar-refractivity contribution in [2.45, 2.75) is 32.6 Å².